The van der Waals surface area contributed by atoms with Crippen LogP contribution in [0.3, 0.4) is 0 Å². The van der Waals surface area contributed by atoms with E-state index in [1.165, 1.54) is 0 Å². The first-order valence-corrected chi connectivity index (χ1v) is 6.80. The molecule has 1 aliphatic rings. The lowest BCUT2D eigenvalue weighted by Crippen LogP contribution is -2.09. The van der Waals surface area contributed by atoms with E-state index in [2.05, 4.69) is 0 Å². The summed E-state index contributed by atoms with van der Waals surface area (Å²) in [7, 11) is 0. The van der Waals surface area contributed by atoms with Gasteiger partial charge >= 0.3 is 5.97 Å². The minimum Gasteiger partial charge on any atom is -0.486 e. The summed E-state index contributed by atoms with van der Waals surface area (Å²) in [5.41, 5.74) is 2.19. The Kier molecular flexibility index (Phi) is 3.36. The van der Waals surface area contributed by atoms with Crippen molar-refractivity contribution < 1.29 is 14.6 Å². The number of carboxylic acid groups (broad SMARTS) is 1. The van der Waals surface area contributed by atoms with Crippen molar-refractivity contribution in [3.63, 3.8) is 0 Å². The highest BCUT2D eigenvalue weighted by molar-refractivity contribution is 6.30. The van der Waals surface area contributed by atoms with Gasteiger partial charge in [-0.25, -0.2) is 4.79 Å². The van der Waals surface area contributed by atoms with Crippen molar-refractivity contribution in [1.82, 2.24) is 0 Å². The molecular weight excluding hydrogens is 276 g/mol. The fraction of sp³-hybridized carbons (Fsp3) is 0.188. The Balaban J connectivity index is 1.92. The summed E-state index contributed by atoms with van der Waals surface area (Å²) < 4.78 is 5.93. The molecule has 3 nitrogen and oxygen atoms in total. The third kappa shape index (κ3) is 2.37. The van der Waals surface area contributed by atoms with E-state index in [0.717, 1.165) is 24.0 Å². The highest BCUT2D eigenvalue weighted by atomic mass is 35.5. The van der Waals surface area contributed by atoms with Gasteiger partial charge in [0.25, 0.3) is 0 Å². The van der Waals surface area contributed by atoms with Crippen LogP contribution in [0.2, 0.25) is 5.02 Å². The summed E-state index contributed by atoms with van der Waals surface area (Å²) in [5, 5.41) is 9.94. The Morgan fingerprint density at radius 2 is 1.95 bits per heavy atom. The molecule has 102 valence electrons. The molecule has 0 bridgehead atoms. The van der Waals surface area contributed by atoms with Crippen LogP contribution in [-0.2, 0) is 6.42 Å². The summed E-state index contributed by atoms with van der Waals surface area (Å²) in [6, 6.07) is 12.5. The molecule has 0 heterocycles. The van der Waals surface area contributed by atoms with Gasteiger partial charge in [-0.05, 0) is 48.7 Å². The Labute approximate surface area is 121 Å². The van der Waals surface area contributed by atoms with Crippen molar-refractivity contribution in [1.29, 1.82) is 0 Å². The van der Waals surface area contributed by atoms with Crippen molar-refractivity contribution >= 4 is 17.6 Å². The molecule has 0 saturated carbocycles. The number of benzene rings is 2. The molecule has 0 amide bonds. The van der Waals surface area contributed by atoms with Gasteiger partial charge in [0.1, 0.15) is 11.9 Å². The van der Waals surface area contributed by atoms with Gasteiger partial charge in [0, 0.05) is 10.6 Å². The molecule has 1 aliphatic carbocycles. The second-order valence-corrected chi connectivity index (χ2v) is 5.22. The highest BCUT2D eigenvalue weighted by Gasteiger charge is 2.29. The van der Waals surface area contributed by atoms with E-state index in [9.17, 15) is 9.90 Å². The fourth-order valence-corrected chi connectivity index (χ4v) is 2.75. The average molecular weight is 289 g/mol. The molecule has 2 aromatic carbocycles. The smallest absolute Gasteiger partial charge is 0.336 e. The van der Waals surface area contributed by atoms with Crippen LogP contribution in [-0.4, -0.2) is 11.1 Å². The van der Waals surface area contributed by atoms with Gasteiger partial charge in [-0.2, -0.15) is 0 Å². The third-order valence-electron chi connectivity index (χ3n) is 3.52. The molecule has 1 N–H and O–H groups in total. The molecule has 0 spiro atoms. The van der Waals surface area contributed by atoms with E-state index in [1.54, 1.807) is 36.4 Å². The first kappa shape index (κ1) is 13.0. The van der Waals surface area contributed by atoms with E-state index in [4.69, 9.17) is 16.3 Å². The molecule has 3 rings (SSSR count). The number of rotatable bonds is 3. The van der Waals surface area contributed by atoms with E-state index in [0.29, 0.717) is 16.3 Å². The Hall–Kier alpha value is -2.00. The lowest BCUT2D eigenvalue weighted by Gasteiger charge is -2.16. The monoisotopic (exact) mass is 288 g/mol. The predicted molar refractivity (Wildman–Crippen MR) is 76.5 cm³/mol. The van der Waals surface area contributed by atoms with Crippen LogP contribution in [0, 0.1) is 0 Å². The number of halogens is 1. The van der Waals surface area contributed by atoms with Crippen LogP contribution < -0.4 is 4.74 Å². The summed E-state index contributed by atoms with van der Waals surface area (Å²) in [6.07, 6.45) is 1.43. The maximum absolute atomic E-state index is 11.3. The Bertz CT molecular complexity index is 649. The number of fused-ring (bicyclic) bond motifs is 1. The maximum Gasteiger partial charge on any atom is 0.336 e. The van der Waals surface area contributed by atoms with E-state index < -0.39 is 5.97 Å². The molecule has 0 aromatic heterocycles. The van der Waals surface area contributed by atoms with Crippen molar-refractivity contribution in [2.75, 3.05) is 0 Å². The normalized spacial score (nSPS) is 16.8. The number of carboxylic acids is 1. The zero-order valence-electron chi connectivity index (χ0n) is 10.7. The Morgan fingerprint density at radius 3 is 2.65 bits per heavy atom. The first-order chi connectivity index (χ1) is 9.65. The summed E-state index contributed by atoms with van der Waals surface area (Å²) in [4.78, 5) is 11.3. The lowest BCUT2D eigenvalue weighted by atomic mass is 10.0. The molecule has 2 aromatic rings. The second-order valence-electron chi connectivity index (χ2n) is 4.78. The van der Waals surface area contributed by atoms with Crippen molar-refractivity contribution in [3.8, 4) is 5.75 Å². The first-order valence-electron chi connectivity index (χ1n) is 6.42. The summed E-state index contributed by atoms with van der Waals surface area (Å²) in [5.74, 6) is -0.208. The number of hydrogen-bond donors (Lipinski definition) is 1. The van der Waals surface area contributed by atoms with Gasteiger partial charge in [0.05, 0.1) is 5.56 Å². The molecule has 4 heteroatoms. The topological polar surface area (TPSA) is 46.5 Å². The molecule has 20 heavy (non-hydrogen) atoms. The summed E-state index contributed by atoms with van der Waals surface area (Å²) >= 11 is 5.84. The van der Waals surface area contributed by atoms with Gasteiger partial charge in [-0.15, -0.1) is 0 Å². The number of aryl methyl sites for hydroxylation is 1. The third-order valence-corrected chi connectivity index (χ3v) is 3.77. The fourth-order valence-electron chi connectivity index (χ4n) is 2.62. The van der Waals surface area contributed by atoms with E-state index in [-0.39, 0.29) is 6.10 Å². The van der Waals surface area contributed by atoms with Crippen LogP contribution >= 0.6 is 11.6 Å². The number of carbonyl (C=O) groups is 1. The zero-order valence-corrected chi connectivity index (χ0v) is 11.4. The van der Waals surface area contributed by atoms with Crippen LogP contribution in [0.15, 0.2) is 42.5 Å². The van der Waals surface area contributed by atoms with Crippen molar-refractivity contribution in [3.05, 3.63) is 64.2 Å². The van der Waals surface area contributed by atoms with Gasteiger partial charge in [0.15, 0.2) is 0 Å². The van der Waals surface area contributed by atoms with E-state index >= 15 is 0 Å². The van der Waals surface area contributed by atoms with Gasteiger partial charge in [-0.3, -0.25) is 0 Å². The minimum absolute atomic E-state index is 0.210. The molecular formula is C16H13ClO3. The van der Waals surface area contributed by atoms with Crippen LogP contribution in [0.5, 0.6) is 5.75 Å². The molecule has 0 fully saturated rings. The predicted octanol–water partition coefficient (Wildman–Crippen LogP) is 4.10. The minimum atomic E-state index is -0.909. The largest absolute Gasteiger partial charge is 0.486 e. The zero-order chi connectivity index (χ0) is 14.1. The van der Waals surface area contributed by atoms with Crippen LogP contribution in [0.1, 0.15) is 34.0 Å². The number of hydrogen-bond acceptors (Lipinski definition) is 2. The van der Waals surface area contributed by atoms with Gasteiger partial charge in [0.2, 0.25) is 0 Å². The quantitative estimate of drug-likeness (QED) is 0.925. The molecule has 1 atom stereocenters. The SMILES string of the molecule is O=C(O)c1cccc2c1C(Oc1ccc(Cl)cc1)CC2. The van der Waals surface area contributed by atoms with Crippen LogP contribution in [0.4, 0.5) is 0 Å². The maximum atomic E-state index is 11.3. The van der Waals surface area contributed by atoms with Crippen molar-refractivity contribution in [2.24, 2.45) is 0 Å². The Morgan fingerprint density at radius 1 is 1.20 bits per heavy atom. The number of ether oxygens (including phenoxy) is 1. The van der Waals surface area contributed by atoms with Gasteiger partial charge < -0.3 is 9.84 Å². The number of aromatic carboxylic acids is 1. The van der Waals surface area contributed by atoms with Crippen LogP contribution in [0.25, 0.3) is 0 Å². The standard InChI is InChI=1S/C16H13ClO3/c17-11-5-7-12(8-6-11)20-14-9-4-10-2-1-3-13(15(10)14)16(18)19/h1-3,5-8,14H,4,9H2,(H,18,19). The van der Waals surface area contributed by atoms with E-state index in [1.807, 2.05) is 6.07 Å². The summed E-state index contributed by atoms with van der Waals surface area (Å²) in [6.45, 7) is 0. The second kappa shape index (κ2) is 5.17. The molecule has 0 saturated heterocycles. The molecule has 0 radical (unpaired) electrons. The van der Waals surface area contributed by atoms with Crippen molar-refractivity contribution in [2.45, 2.75) is 18.9 Å². The highest BCUT2D eigenvalue weighted by Crippen LogP contribution is 2.37. The van der Waals surface area contributed by atoms with Gasteiger partial charge in [-0.1, -0.05) is 23.7 Å². The lowest BCUT2D eigenvalue weighted by molar-refractivity contribution is 0.0691. The molecule has 0 aliphatic heterocycles. The average Bonchev–Trinajstić information content (AvgIpc) is 2.84. The molecule has 1 unspecified atom stereocenters.